The molecule has 29 heavy (non-hydrogen) atoms. The highest BCUT2D eigenvalue weighted by atomic mass is 32.2. The van der Waals surface area contributed by atoms with Crippen molar-refractivity contribution in [3.63, 3.8) is 0 Å². The van der Waals surface area contributed by atoms with E-state index in [1.54, 1.807) is 17.7 Å². The van der Waals surface area contributed by atoms with Gasteiger partial charge in [0.15, 0.2) is 5.78 Å². The molecule has 0 aliphatic carbocycles. The van der Waals surface area contributed by atoms with Crippen LogP contribution in [0.1, 0.15) is 16.1 Å². The van der Waals surface area contributed by atoms with E-state index in [0.29, 0.717) is 5.75 Å². The molecular formula is C23H17N3OS2. The molecule has 0 atom stereocenters. The molecule has 3 heterocycles. The number of fused-ring (bicyclic) bond motifs is 2. The number of thiophene rings is 1. The summed E-state index contributed by atoms with van der Waals surface area (Å²) in [7, 11) is 0. The summed E-state index contributed by atoms with van der Waals surface area (Å²) in [4.78, 5) is 27.3. The zero-order valence-electron chi connectivity index (χ0n) is 15.7. The number of hydrogen-bond donors (Lipinski definition) is 1. The van der Waals surface area contributed by atoms with Crippen LogP contribution in [-0.4, -0.2) is 26.5 Å². The Bertz CT molecular complexity index is 1340. The SMILES string of the molecule is Cc1[nH]c2ccccc2c1C(=O)CSc1ncnc2sc(-c3ccccc3)cc12. The summed E-state index contributed by atoms with van der Waals surface area (Å²) in [5, 5.41) is 2.83. The van der Waals surface area contributed by atoms with Crippen molar-refractivity contribution in [1.29, 1.82) is 0 Å². The number of Topliss-reactive ketones (excluding diaryl/α,β-unsaturated/α-hetero) is 1. The van der Waals surface area contributed by atoms with Crippen molar-refractivity contribution in [1.82, 2.24) is 15.0 Å². The van der Waals surface area contributed by atoms with E-state index in [-0.39, 0.29) is 5.78 Å². The van der Waals surface area contributed by atoms with E-state index in [0.717, 1.165) is 47.8 Å². The lowest BCUT2D eigenvalue weighted by atomic mass is 10.1. The first-order valence-corrected chi connectivity index (χ1v) is 11.0. The average molecular weight is 416 g/mol. The second-order valence-corrected chi connectivity index (χ2v) is 8.75. The molecule has 6 heteroatoms. The number of aromatic amines is 1. The van der Waals surface area contributed by atoms with Gasteiger partial charge >= 0.3 is 0 Å². The van der Waals surface area contributed by atoms with Crippen LogP contribution in [-0.2, 0) is 0 Å². The van der Waals surface area contributed by atoms with Crippen LogP contribution in [0.5, 0.6) is 0 Å². The molecular weight excluding hydrogens is 398 g/mol. The average Bonchev–Trinajstić information content (AvgIpc) is 3.33. The summed E-state index contributed by atoms with van der Waals surface area (Å²) in [6, 6.07) is 20.3. The van der Waals surface area contributed by atoms with E-state index in [2.05, 4.69) is 33.2 Å². The van der Waals surface area contributed by atoms with E-state index >= 15 is 0 Å². The van der Waals surface area contributed by atoms with Crippen LogP contribution in [0.15, 0.2) is 72.0 Å². The van der Waals surface area contributed by atoms with E-state index < -0.39 is 0 Å². The zero-order chi connectivity index (χ0) is 19.8. The number of thioether (sulfide) groups is 1. The minimum absolute atomic E-state index is 0.107. The normalized spacial score (nSPS) is 11.3. The summed E-state index contributed by atoms with van der Waals surface area (Å²) in [5.74, 6) is 0.445. The van der Waals surface area contributed by atoms with Crippen LogP contribution >= 0.6 is 23.1 Å². The maximum atomic E-state index is 13.0. The van der Waals surface area contributed by atoms with E-state index in [4.69, 9.17) is 0 Å². The standard InChI is InChI=1S/C23H17N3OS2/c1-14-21(16-9-5-6-10-18(16)26-14)19(27)12-28-22-17-11-20(15-7-3-2-4-8-15)29-23(17)25-13-24-22/h2-11,13,26H,12H2,1H3. The Hall–Kier alpha value is -2.96. The van der Waals surface area contributed by atoms with Gasteiger partial charge in [-0.05, 0) is 24.6 Å². The van der Waals surface area contributed by atoms with Gasteiger partial charge in [-0.15, -0.1) is 11.3 Å². The number of aryl methyl sites for hydroxylation is 1. The third-order valence-corrected chi connectivity index (χ3v) is 6.96. The van der Waals surface area contributed by atoms with Gasteiger partial charge in [0, 0.05) is 32.4 Å². The molecule has 0 spiro atoms. The maximum absolute atomic E-state index is 13.0. The molecule has 0 unspecified atom stereocenters. The Balaban J connectivity index is 1.44. The Morgan fingerprint density at radius 3 is 2.69 bits per heavy atom. The van der Waals surface area contributed by atoms with Crippen molar-refractivity contribution >= 4 is 50.0 Å². The number of para-hydroxylation sites is 1. The summed E-state index contributed by atoms with van der Waals surface area (Å²) >= 11 is 3.12. The van der Waals surface area contributed by atoms with E-state index in [1.165, 1.54) is 11.8 Å². The molecule has 0 saturated heterocycles. The van der Waals surface area contributed by atoms with Gasteiger partial charge < -0.3 is 4.98 Å². The second-order valence-electron chi connectivity index (χ2n) is 6.76. The lowest BCUT2D eigenvalue weighted by Crippen LogP contribution is -2.04. The molecule has 142 valence electrons. The predicted molar refractivity (Wildman–Crippen MR) is 121 cm³/mol. The molecule has 5 aromatic rings. The van der Waals surface area contributed by atoms with Crippen molar-refractivity contribution in [2.45, 2.75) is 11.9 Å². The summed E-state index contributed by atoms with van der Waals surface area (Å²) < 4.78 is 0. The number of rotatable bonds is 5. The highest BCUT2D eigenvalue weighted by Gasteiger charge is 2.17. The Kier molecular flexibility index (Phi) is 4.66. The van der Waals surface area contributed by atoms with Gasteiger partial charge in [0.05, 0.1) is 5.75 Å². The van der Waals surface area contributed by atoms with Crippen LogP contribution < -0.4 is 0 Å². The number of benzene rings is 2. The van der Waals surface area contributed by atoms with Crippen LogP contribution in [0, 0.1) is 6.92 Å². The van der Waals surface area contributed by atoms with E-state index in [1.807, 2.05) is 49.4 Å². The fourth-order valence-corrected chi connectivity index (χ4v) is 5.45. The first-order chi connectivity index (χ1) is 14.2. The topological polar surface area (TPSA) is 58.6 Å². The number of ketones is 1. The fourth-order valence-electron chi connectivity index (χ4n) is 3.54. The van der Waals surface area contributed by atoms with Gasteiger partial charge in [-0.25, -0.2) is 9.97 Å². The highest BCUT2D eigenvalue weighted by molar-refractivity contribution is 8.00. The molecule has 5 rings (SSSR count). The van der Waals surface area contributed by atoms with Gasteiger partial charge in [0.25, 0.3) is 0 Å². The van der Waals surface area contributed by atoms with Crippen LogP contribution in [0.2, 0.25) is 0 Å². The highest BCUT2D eigenvalue weighted by Crippen LogP contribution is 2.36. The molecule has 0 aliphatic heterocycles. The molecule has 4 nitrogen and oxygen atoms in total. The molecule has 2 aromatic carbocycles. The molecule has 0 amide bonds. The number of nitrogens with zero attached hydrogens (tertiary/aromatic N) is 2. The Morgan fingerprint density at radius 1 is 1.03 bits per heavy atom. The van der Waals surface area contributed by atoms with Crippen molar-refractivity contribution in [3.05, 3.63) is 78.2 Å². The summed E-state index contributed by atoms with van der Waals surface area (Å²) in [6.45, 7) is 1.95. The monoisotopic (exact) mass is 415 g/mol. The zero-order valence-corrected chi connectivity index (χ0v) is 17.3. The lowest BCUT2D eigenvalue weighted by Gasteiger charge is -2.03. The molecule has 0 radical (unpaired) electrons. The third-order valence-electron chi connectivity index (χ3n) is 4.86. The largest absolute Gasteiger partial charge is 0.358 e. The summed E-state index contributed by atoms with van der Waals surface area (Å²) in [5.41, 5.74) is 3.84. The Labute approximate surface area is 176 Å². The second kappa shape index (κ2) is 7.46. The Morgan fingerprint density at radius 2 is 1.83 bits per heavy atom. The maximum Gasteiger partial charge on any atom is 0.175 e. The van der Waals surface area contributed by atoms with Crippen LogP contribution in [0.4, 0.5) is 0 Å². The molecule has 0 aliphatic rings. The first-order valence-electron chi connectivity index (χ1n) is 9.24. The minimum Gasteiger partial charge on any atom is -0.358 e. The van der Waals surface area contributed by atoms with Crippen LogP contribution in [0.25, 0.3) is 31.6 Å². The van der Waals surface area contributed by atoms with Crippen molar-refractivity contribution in [2.24, 2.45) is 0 Å². The van der Waals surface area contributed by atoms with Gasteiger partial charge in [-0.1, -0.05) is 60.3 Å². The molecule has 0 saturated carbocycles. The molecule has 0 fully saturated rings. The van der Waals surface area contributed by atoms with Gasteiger partial charge in [0.2, 0.25) is 0 Å². The van der Waals surface area contributed by atoms with Crippen LogP contribution in [0.3, 0.4) is 0 Å². The van der Waals surface area contributed by atoms with Gasteiger partial charge in [0.1, 0.15) is 16.2 Å². The quantitative estimate of drug-likeness (QED) is 0.213. The number of nitrogens with one attached hydrogen (secondary N) is 1. The fraction of sp³-hybridized carbons (Fsp3) is 0.0870. The van der Waals surface area contributed by atoms with Gasteiger partial charge in [-0.2, -0.15) is 0 Å². The number of carbonyl (C=O) groups is 1. The number of carbonyl (C=O) groups excluding carboxylic acids is 1. The smallest absolute Gasteiger partial charge is 0.175 e. The third kappa shape index (κ3) is 3.34. The van der Waals surface area contributed by atoms with Crippen molar-refractivity contribution in [3.8, 4) is 10.4 Å². The van der Waals surface area contributed by atoms with Crippen molar-refractivity contribution in [2.75, 3.05) is 5.75 Å². The molecule has 1 N–H and O–H groups in total. The number of aromatic nitrogens is 3. The van der Waals surface area contributed by atoms with E-state index in [9.17, 15) is 4.79 Å². The lowest BCUT2D eigenvalue weighted by molar-refractivity contribution is 0.102. The predicted octanol–water partition coefficient (Wildman–Crippen LogP) is 6.12. The minimum atomic E-state index is 0.107. The van der Waals surface area contributed by atoms with Gasteiger partial charge in [-0.3, -0.25) is 4.79 Å². The molecule has 3 aromatic heterocycles. The van der Waals surface area contributed by atoms with Crippen molar-refractivity contribution < 1.29 is 4.79 Å². The summed E-state index contributed by atoms with van der Waals surface area (Å²) in [6.07, 6.45) is 1.58. The number of H-pyrrole nitrogens is 1. The molecule has 0 bridgehead atoms. The number of hydrogen-bond acceptors (Lipinski definition) is 5. The first kappa shape index (κ1) is 18.1.